The lowest BCUT2D eigenvalue weighted by Crippen LogP contribution is -2.65. The van der Waals surface area contributed by atoms with Crippen LogP contribution in [-0.2, 0) is 20.8 Å². The number of primary amides is 1. The summed E-state index contributed by atoms with van der Waals surface area (Å²) in [5.41, 5.74) is 8.42. The van der Waals surface area contributed by atoms with Gasteiger partial charge in [-0.25, -0.2) is 0 Å². The van der Waals surface area contributed by atoms with Crippen LogP contribution in [0.25, 0.3) is 5.76 Å². The average molecular weight is 371 g/mol. The zero-order chi connectivity index (χ0) is 19.7. The van der Waals surface area contributed by atoms with E-state index in [0.29, 0.717) is 17.7 Å². The van der Waals surface area contributed by atoms with Crippen molar-refractivity contribution in [2.24, 2.45) is 23.3 Å². The number of amides is 1. The number of pyridine rings is 1. The van der Waals surface area contributed by atoms with Crippen molar-refractivity contribution < 1.29 is 29.7 Å². The van der Waals surface area contributed by atoms with Gasteiger partial charge in [0.2, 0.25) is 5.78 Å². The van der Waals surface area contributed by atoms with Gasteiger partial charge in [-0.05, 0) is 30.9 Å². The molecule has 1 aromatic rings. The van der Waals surface area contributed by atoms with Crippen molar-refractivity contribution in [3.63, 3.8) is 0 Å². The molecule has 7 N–H and O–H groups in total. The Kier molecular flexibility index (Phi) is 3.53. The quantitative estimate of drug-likeness (QED) is 0.392. The summed E-state index contributed by atoms with van der Waals surface area (Å²) in [6, 6.07) is 1.79. The number of aliphatic hydroxyl groups is 3. The van der Waals surface area contributed by atoms with E-state index in [1.165, 1.54) is 0 Å². The summed E-state index contributed by atoms with van der Waals surface area (Å²) in [5.74, 6) is -6.34. The van der Waals surface area contributed by atoms with Crippen LogP contribution in [0.4, 0.5) is 0 Å². The fourth-order valence-electron chi connectivity index (χ4n) is 4.42. The van der Waals surface area contributed by atoms with Crippen LogP contribution in [0.5, 0.6) is 0 Å². The molecule has 0 saturated heterocycles. The molecule has 0 bridgehead atoms. The number of carbonyl (C=O) groups is 3. The van der Waals surface area contributed by atoms with Gasteiger partial charge in [0.15, 0.2) is 11.4 Å². The van der Waals surface area contributed by atoms with E-state index in [9.17, 15) is 29.7 Å². The lowest BCUT2D eigenvalue weighted by molar-refractivity contribution is -0.149. The third-order valence-corrected chi connectivity index (χ3v) is 5.74. The minimum atomic E-state index is -2.60. The largest absolute Gasteiger partial charge is 0.508 e. The van der Waals surface area contributed by atoms with Gasteiger partial charge in [0.05, 0.1) is 11.7 Å². The van der Waals surface area contributed by atoms with E-state index in [1.54, 1.807) is 18.3 Å². The van der Waals surface area contributed by atoms with Crippen molar-refractivity contribution in [2.45, 2.75) is 24.5 Å². The first-order chi connectivity index (χ1) is 12.7. The summed E-state index contributed by atoms with van der Waals surface area (Å²) in [4.78, 5) is 41.3. The van der Waals surface area contributed by atoms with Gasteiger partial charge in [-0.3, -0.25) is 19.4 Å². The van der Waals surface area contributed by atoms with Crippen molar-refractivity contribution >= 4 is 23.2 Å². The minimum Gasteiger partial charge on any atom is -0.508 e. The number of hydrogen-bond donors (Lipinski definition) is 5. The molecule has 0 spiro atoms. The Morgan fingerprint density at radius 1 is 1.30 bits per heavy atom. The molecule has 1 amide bonds. The van der Waals surface area contributed by atoms with E-state index < -0.39 is 52.3 Å². The first kappa shape index (κ1) is 17.4. The molecule has 4 rings (SSSR count). The molecule has 1 saturated carbocycles. The molecule has 0 radical (unpaired) electrons. The second-order valence-corrected chi connectivity index (χ2v) is 7.08. The molecule has 1 fully saturated rings. The van der Waals surface area contributed by atoms with Crippen LogP contribution in [0.3, 0.4) is 0 Å². The Hall–Kier alpha value is -3.04. The Balaban J connectivity index is 1.95. The maximum atomic E-state index is 13.2. The first-order valence-electron chi connectivity index (χ1n) is 8.37. The van der Waals surface area contributed by atoms with Crippen LogP contribution in [0.2, 0.25) is 0 Å². The lowest BCUT2D eigenvalue weighted by Gasteiger charge is -2.47. The minimum absolute atomic E-state index is 0.0423. The number of nitrogens with zero attached hydrogens (tertiary/aromatic N) is 1. The molecule has 3 aliphatic carbocycles. The maximum absolute atomic E-state index is 13.2. The molecule has 3 aliphatic rings. The summed E-state index contributed by atoms with van der Waals surface area (Å²) >= 11 is 0. The highest BCUT2D eigenvalue weighted by Gasteiger charge is 2.62. The van der Waals surface area contributed by atoms with E-state index in [-0.39, 0.29) is 17.8 Å². The first-order valence-corrected chi connectivity index (χ1v) is 8.37. The molecule has 1 heterocycles. The summed E-state index contributed by atoms with van der Waals surface area (Å²) in [6.07, 6.45) is 1.91. The van der Waals surface area contributed by atoms with Crippen LogP contribution in [0, 0.1) is 11.8 Å². The van der Waals surface area contributed by atoms with Gasteiger partial charge in [0.1, 0.15) is 17.1 Å². The zero-order valence-corrected chi connectivity index (χ0v) is 14.0. The summed E-state index contributed by atoms with van der Waals surface area (Å²) in [7, 11) is 0. The number of nitrogens with two attached hydrogens (primary N) is 2. The predicted molar refractivity (Wildman–Crippen MR) is 90.9 cm³/mol. The Bertz CT molecular complexity index is 981. The maximum Gasteiger partial charge on any atom is 0.255 e. The van der Waals surface area contributed by atoms with Crippen LogP contribution in [0.1, 0.15) is 17.7 Å². The number of hydrogen-bond acceptors (Lipinski definition) is 8. The van der Waals surface area contributed by atoms with E-state index in [0.717, 1.165) is 0 Å². The van der Waals surface area contributed by atoms with Crippen molar-refractivity contribution in [1.82, 2.24) is 4.98 Å². The van der Waals surface area contributed by atoms with Crippen LogP contribution >= 0.6 is 0 Å². The fraction of sp³-hybridized carbons (Fsp3) is 0.333. The Labute approximate surface area is 153 Å². The second-order valence-electron chi connectivity index (χ2n) is 7.08. The molecule has 9 nitrogen and oxygen atoms in total. The molecule has 9 heteroatoms. The van der Waals surface area contributed by atoms with E-state index >= 15 is 0 Å². The molecule has 0 aromatic carbocycles. The monoisotopic (exact) mass is 371 g/mol. The van der Waals surface area contributed by atoms with Gasteiger partial charge < -0.3 is 26.8 Å². The normalized spacial score (nSPS) is 32.7. The fourth-order valence-corrected chi connectivity index (χ4v) is 4.42. The number of rotatable bonds is 1. The number of aliphatic hydroxyl groups excluding tert-OH is 2. The molecular formula is C18H17N3O6. The van der Waals surface area contributed by atoms with Crippen molar-refractivity contribution in [3.8, 4) is 0 Å². The number of fused-ring (bicyclic) bond motifs is 3. The highest BCUT2D eigenvalue weighted by molar-refractivity contribution is 6.24. The van der Waals surface area contributed by atoms with Crippen molar-refractivity contribution in [1.29, 1.82) is 0 Å². The molecule has 1 aromatic heterocycles. The SMILES string of the molecule is NC(=O)C1=C(O)[C@@]2(O)C(=O)C3=C(O)c4cccnc4C[C@H]3C[C@H]2[C@H](N)C1=O. The van der Waals surface area contributed by atoms with Gasteiger partial charge in [0.25, 0.3) is 5.91 Å². The topological polar surface area (TPSA) is 177 Å². The third-order valence-electron chi connectivity index (χ3n) is 5.74. The van der Waals surface area contributed by atoms with Gasteiger partial charge in [0, 0.05) is 23.3 Å². The van der Waals surface area contributed by atoms with Crippen LogP contribution in [-0.4, -0.2) is 49.4 Å². The number of Topliss-reactive ketones (excluding diaryl/α,β-unsaturated/α-hetero) is 2. The third kappa shape index (κ3) is 2.06. The highest BCUT2D eigenvalue weighted by Crippen LogP contribution is 2.50. The van der Waals surface area contributed by atoms with E-state index in [2.05, 4.69) is 4.98 Å². The molecule has 0 aliphatic heterocycles. The van der Waals surface area contributed by atoms with Crippen LogP contribution in [0.15, 0.2) is 35.2 Å². The molecule has 140 valence electrons. The lowest BCUT2D eigenvalue weighted by atomic mass is 9.58. The van der Waals surface area contributed by atoms with Gasteiger partial charge in [-0.15, -0.1) is 0 Å². The molecule has 4 atom stereocenters. The standard InChI is InChI=1S/C18H17N3O6/c19-12-8-4-6-5-9-7(2-1-3-21-9)13(22)10(6)15(24)18(8,27)16(25)11(14(12)23)17(20)26/h1-3,6,8,12,22,25,27H,4-5,19H2,(H2,20,26)/t6-,8+,12+,18+/m1/s1. The van der Waals surface area contributed by atoms with Gasteiger partial charge in [-0.1, -0.05) is 0 Å². The molecule has 0 unspecified atom stereocenters. The number of ketones is 2. The average Bonchev–Trinajstić information content (AvgIpc) is 2.62. The Morgan fingerprint density at radius 2 is 2.00 bits per heavy atom. The number of aromatic nitrogens is 1. The molecular weight excluding hydrogens is 354 g/mol. The molecule has 27 heavy (non-hydrogen) atoms. The van der Waals surface area contributed by atoms with E-state index in [1.807, 2.05) is 0 Å². The smallest absolute Gasteiger partial charge is 0.255 e. The van der Waals surface area contributed by atoms with Gasteiger partial charge >= 0.3 is 0 Å². The van der Waals surface area contributed by atoms with Crippen molar-refractivity contribution in [2.75, 3.05) is 0 Å². The zero-order valence-electron chi connectivity index (χ0n) is 14.0. The highest BCUT2D eigenvalue weighted by atomic mass is 16.3. The predicted octanol–water partition coefficient (Wildman–Crippen LogP) is -0.950. The summed E-state index contributed by atoms with van der Waals surface area (Å²) in [6.45, 7) is 0. The summed E-state index contributed by atoms with van der Waals surface area (Å²) < 4.78 is 0. The number of carbonyl (C=O) groups excluding carboxylic acids is 3. The van der Waals surface area contributed by atoms with Crippen LogP contribution < -0.4 is 11.5 Å². The Morgan fingerprint density at radius 3 is 2.67 bits per heavy atom. The van der Waals surface area contributed by atoms with Crippen molar-refractivity contribution in [3.05, 3.63) is 46.5 Å². The summed E-state index contributed by atoms with van der Waals surface area (Å²) in [5, 5.41) is 32.2. The van der Waals surface area contributed by atoms with E-state index in [4.69, 9.17) is 11.5 Å². The second kappa shape index (κ2) is 5.48. The van der Waals surface area contributed by atoms with Gasteiger partial charge in [-0.2, -0.15) is 0 Å².